The molecule has 1 saturated heterocycles. The molecule has 1 fully saturated rings. The first-order valence-corrected chi connectivity index (χ1v) is 3.95. The topological polar surface area (TPSA) is 55.1 Å². The van der Waals surface area contributed by atoms with Gasteiger partial charge in [0.1, 0.15) is 0 Å². The van der Waals surface area contributed by atoms with Crippen molar-refractivity contribution in [3.8, 4) is 0 Å². The van der Waals surface area contributed by atoms with E-state index in [0.717, 1.165) is 21.7 Å². The summed E-state index contributed by atoms with van der Waals surface area (Å²) < 4.78 is 0. The van der Waals surface area contributed by atoms with Crippen molar-refractivity contribution < 1.29 is 4.79 Å². The summed E-state index contributed by atoms with van der Waals surface area (Å²) in [6.45, 7) is 0. The Morgan fingerprint density at radius 3 is 2.88 bits per heavy atom. The van der Waals surface area contributed by atoms with Gasteiger partial charge in [0, 0.05) is 0 Å². The second-order valence-corrected chi connectivity index (χ2v) is 3.05. The lowest BCUT2D eigenvalue weighted by Crippen LogP contribution is -2.35. The average Bonchev–Trinajstić information content (AvgIpc) is 2.12. The van der Waals surface area contributed by atoms with E-state index in [9.17, 15) is 4.79 Å². The quantitative estimate of drug-likeness (QED) is 0.423. The average molecular weight is 128 g/mol. The van der Waals surface area contributed by atoms with Crippen LogP contribution in [0.25, 0.3) is 0 Å². The fraction of sp³-hybridized carbons (Fsp3) is 0.750. The number of amides is 1. The van der Waals surface area contributed by atoms with E-state index in [-0.39, 0.29) is 11.9 Å². The van der Waals surface area contributed by atoms with Crippen LogP contribution in [0.4, 0.5) is 0 Å². The Morgan fingerprint density at radius 1 is 1.88 bits per heavy atom. The first-order valence-electron chi connectivity index (χ1n) is 2.54. The maximum absolute atomic E-state index is 10.4. The molecule has 0 spiro atoms. The zero-order valence-corrected chi connectivity index (χ0v) is 5.48. The van der Waals surface area contributed by atoms with Crippen molar-refractivity contribution in [2.75, 3.05) is 6.17 Å². The number of carbonyl (C=O) groups excluding carboxylic acids is 1. The first-order chi connectivity index (χ1) is 3.80. The van der Waals surface area contributed by atoms with Crippen molar-refractivity contribution in [3.05, 3.63) is 0 Å². The third-order valence-electron chi connectivity index (χ3n) is 1.17. The van der Waals surface area contributed by atoms with Gasteiger partial charge in [0.05, 0.1) is 15.6 Å². The van der Waals surface area contributed by atoms with Gasteiger partial charge >= 0.3 is 0 Å². The molecule has 3 N–H and O–H groups in total. The fourth-order valence-electron chi connectivity index (χ4n) is 0.685. The smallest absolute Gasteiger partial charge is 0.234 e. The van der Waals surface area contributed by atoms with E-state index in [4.69, 9.17) is 5.73 Å². The number of nitrogens with one attached hydrogen (secondary N) is 1. The molecule has 1 unspecified atom stereocenters. The van der Waals surface area contributed by atoms with Crippen molar-refractivity contribution in [2.24, 2.45) is 5.73 Å². The Bertz CT molecular complexity index is 100. The molecule has 1 heterocycles. The first kappa shape index (κ1) is 5.78. The minimum atomic E-state index is -0.213. The van der Waals surface area contributed by atoms with Crippen LogP contribution in [0, 0.1) is 0 Å². The number of rotatable bonds is 1. The van der Waals surface area contributed by atoms with Crippen LogP contribution in [-0.2, 0) is 4.79 Å². The van der Waals surface area contributed by atoms with Crippen molar-refractivity contribution in [1.29, 1.82) is 0 Å². The van der Waals surface area contributed by atoms with Gasteiger partial charge in [0.25, 0.3) is 0 Å². The van der Waals surface area contributed by atoms with Crippen LogP contribution in [0.15, 0.2) is 0 Å². The van der Waals surface area contributed by atoms with E-state index in [0.29, 0.717) is 0 Å². The SMILES string of the molecule is NC(=O)C1C[Si]CN1. The summed E-state index contributed by atoms with van der Waals surface area (Å²) in [5.74, 6) is -0.213. The predicted octanol–water partition coefficient (Wildman–Crippen LogP) is -1.48. The highest BCUT2D eigenvalue weighted by molar-refractivity contribution is 6.38. The molecule has 3 nitrogen and oxygen atoms in total. The van der Waals surface area contributed by atoms with Gasteiger partial charge in [-0.15, -0.1) is 0 Å². The molecule has 0 aromatic carbocycles. The second kappa shape index (κ2) is 2.28. The van der Waals surface area contributed by atoms with E-state index in [1.54, 1.807) is 0 Å². The summed E-state index contributed by atoms with van der Waals surface area (Å²) in [6, 6.07) is 0.906. The van der Waals surface area contributed by atoms with E-state index in [1.165, 1.54) is 0 Å². The third kappa shape index (κ3) is 1.08. The predicted molar refractivity (Wildman–Crippen MR) is 31.5 cm³/mol. The van der Waals surface area contributed by atoms with E-state index in [1.807, 2.05) is 0 Å². The van der Waals surface area contributed by atoms with E-state index in [2.05, 4.69) is 5.32 Å². The highest BCUT2D eigenvalue weighted by atomic mass is 28.2. The molecule has 4 heteroatoms. The Hall–Kier alpha value is -0.353. The van der Waals surface area contributed by atoms with Crippen LogP contribution >= 0.6 is 0 Å². The van der Waals surface area contributed by atoms with Gasteiger partial charge in [0.2, 0.25) is 5.91 Å². The molecule has 1 aliphatic rings. The number of carbonyl (C=O) groups is 1. The maximum atomic E-state index is 10.4. The molecular formula is C4H8N2OSi. The molecular weight excluding hydrogens is 120 g/mol. The van der Waals surface area contributed by atoms with Gasteiger partial charge in [0.15, 0.2) is 0 Å². The fourth-order valence-corrected chi connectivity index (χ4v) is 1.85. The molecule has 2 radical (unpaired) electrons. The molecule has 0 saturated carbocycles. The maximum Gasteiger partial charge on any atom is 0.234 e. The molecule has 1 aliphatic heterocycles. The Labute approximate surface area is 50.5 Å². The molecule has 1 amide bonds. The van der Waals surface area contributed by atoms with Crippen LogP contribution in [0.2, 0.25) is 6.04 Å². The lowest BCUT2D eigenvalue weighted by Gasteiger charge is -2.01. The zero-order chi connectivity index (χ0) is 5.98. The van der Waals surface area contributed by atoms with Gasteiger partial charge in [-0.05, 0) is 12.2 Å². The van der Waals surface area contributed by atoms with Gasteiger partial charge in [-0.25, -0.2) is 0 Å². The summed E-state index contributed by atoms with van der Waals surface area (Å²) in [6.07, 6.45) is 0.966. The highest BCUT2D eigenvalue weighted by Gasteiger charge is 2.18. The van der Waals surface area contributed by atoms with Crippen molar-refractivity contribution in [1.82, 2.24) is 5.32 Å². The lowest BCUT2D eigenvalue weighted by atomic mass is 10.3. The molecule has 44 valence electrons. The Kier molecular flexibility index (Phi) is 1.64. The summed E-state index contributed by atoms with van der Waals surface area (Å²) in [4.78, 5) is 10.4. The van der Waals surface area contributed by atoms with Crippen LogP contribution in [0.5, 0.6) is 0 Å². The molecule has 0 aliphatic carbocycles. The molecule has 0 bridgehead atoms. The van der Waals surface area contributed by atoms with Gasteiger partial charge in [-0.2, -0.15) is 0 Å². The summed E-state index contributed by atoms with van der Waals surface area (Å²) in [7, 11) is 0.870. The van der Waals surface area contributed by atoms with Gasteiger partial charge in [-0.3, -0.25) is 4.79 Å². The molecule has 8 heavy (non-hydrogen) atoms. The zero-order valence-electron chi connectivity index (χ0n) is 4.48. The monoisotopic (exact) mass is 128 g/mol. The molecule has 0 aromatic rings. The van der Waals surface area contributed by atoms with Crippen molar-refractivity contribution in [3.63, 3.8) is 0 Å². The molecule has 1 rings (SSSR count). The number of hydrogen-bond donors (Lipinski definition) is 2. The standard InChI is InChI=1S/C4H8N2OSi/c5-4(7)3-1-8-2-6-3/h3,6H,1-2H2,(H2,5,7). The Morgan fingerprint density at radius 2 is 2.62 bits per heavy atom. The van der Waals surface area contributed by atoms with Crippen LogP contribution in [-0.4, -0.2) is 27.6 Å². The second-order valence-electron chi connectivity index (χ2n) is 1.79. The third-order valence-corrected chi connectivity index (χ3v) is 2.32. The number of nitrogens with two attached hydrogens (primary N) is 1. The Balaban J connectivity index is 2.35. The largest absolute Gasteiger partial charge is 0.368 e. The van der Waals surface area contributed by atoms with Crippen LogP contribution in [0.3, 0.4) is 0 Å². The number of hydrogen-bond acceptors (Lipinski definition) is 2. The number of primary amides is 1. The van der Waals surface area contributed by atoms with Crippen LogP contribution in [0.1, 0.15) is 0 Å². The van der Waals surface area contributed by atoms with Crippen LogP contribution < -0.4 is 11.1 Å². The highest BCUT2D eigenvalue weighted by Crippen LogP contribution is 1.95. The van der Waals surface area contributed by atoms with Gasteiger partial charge < -0.3 is 11.1 Å². The van der Waals surface area contributed by atoms with Gasteiger partial charge in [-0.1, -0.05) is 0 Å². The minimum absolute atomic E-state index is 0.0340. The minimum Gasteiger partial charge on any atom is -0.368 e. The van der Waals surface area contributed by atoms with E-state index < -0.39 is 0 Å². The van der Waals surface area contributed by atoms with E-state index >= 15 is 0 Å². The molecule has 1 atom stereocenters. The summed E-state index contributed by atoms with van der Waals surface area (Å²) in [5, 5.41) is 2.99. The van der Waals surface area contributed by atoms with Crippen molar-refractivity contribution >= 4 is 15.4 Å². The summed E-state index contributed by atoms with van der Waals surface area (Å²) in [5.41, 5.74) is 5.00. The normalized spacial score (nSPS) is 28.2. The lowest BCUT2D eigenvalue weighted by molar-refractivity contribution is -0.119. The van der Waals surface area contributed by atoms with Crippen molar-refractivity contribution in [2.45, 2.75) is 12.1 Å². The summed E-state index contributed by atoms with van der Waals surface area (Å²) >= 11 is 0. The molecule has 0 aromatic heterocycles.